The minimum absolute atomic E-state index is 0.0755. The summed E-state index contributed by atoms with van der Waals surface area (Å²) in [6.07, 6.45) is 0. The Hall–Kier alpha value is -0.880. The van der Waals surface area contributed by atoms with Crippen molar-refractivity contribution in [2.24, 2.45) is 0 Å². The Morgan fingerprint density at radius 3 is 2.77 bits per heavy atom. The van der Waals surface area contributed by atoms with E-state index in [1.54, 1.807) is 6.92 Å². The van der Waals surface area contributed by atoms with Crippen molar-refractivity contribution in [1.29, 1.82) is 0 Å². The summed E-state index contributed by atoms with van der Waals surface area (Å²) >= 11 is 3.13. The van der Waals surface area contributed by atoms with Crippen LogP contribution >= 0.6 is 15.9 Å². The fourth-order valence-corrected chi connectivity index (χ4v) is 1.47. The maximum Gasteiger partial charge on any atom is 0.355 e. The molecule has 0 aromatic carbocycles. The Bertz CT molecular complexity index is 335. The van der Waals surface area contributed by atoms with Crippen LogP contribution in [0.5, 0.6) is 0 Å². The van der Waals surface area contributed by atoms with Gasteiger partial charge in [0.2, 0.25) is 0 Å². The molecule has 1 heterocycles. The average Bonchev–Trinajstić information content (AvgIpc) is 2.28. The van der Waals surface area contributed by atoms with Gasteiger partial charge >= 0.3 is 5.97 Å². The molecule has 0 saturated carbocycles. The fourth-order valence-electron chi connectivity index (χ4n) is 1.02. The van der Waals surface area contributed by atoms with Crippen molar-refractivity contribution < 1.29 is 15.0 Å². The number of carbonyl (C=O) groups is 1. The van der Waals surface area contributed by atoms with E-state index in [1.807, 2.05) is 0 Å². The summed E-state index contributed by atoms with van der Waals surface area (Å²) in [5, 5.41) is 21.4. The third kappa shape index (κ3) is 1.89. The minimum atomic E-state index is -1.05. The van der Waals surface area contributed by atoms with Gasteiger partial charge in [-0.3, -0.25) is 4.68 Å². The maximum atomic E-state index is 10.8. The molecule has 13 heavy (non-hydrogen) atoms. The van der Waals surface area contributed by atoms with Crippen LogP contribution in [0.1, 0.15) is 16.2 Å². The molecule has 0 fully saturated rings. The van der Waals surface area contributed by atoms with Gasteiger partial charge < -0.3 is 10.2 Å². The number of aliphatic hydroxyl groups is 1. The number of hydrogen-bond donors (Lipinski definition) is 2. The van der Waals surface area contributed by atoms with Crippen LogP contribution < -0.4 is 0 Å². The number of carboxylic acid groups (broad SMARTS) is 1. The largest absolute Gasteiger partial charge is 0.476 e. The van der Waals surface area contributed by atoms with Crippen molar-refractivity contribution in [3.63, 3.8) is 0 Å². The number of hydrogen-bond acceptors (Lipinski definition) is 3. The van der Waals surface area contributed by atoms with Crippen LogP contribution in [-0.2, 0) is 6.54 Å². The number of rotatable bonds is 3. The van der Waals surface area contributed by atoms with Crippen LogP contribution in [-0.4, -0.2) is 32.6 Å². The summed E-state index contributed by atoms with van der Waals surface area (Å²) in [6.45, 7) is 1.76. The van der Waals surface area contributed by atoms with Crippen LogP contribution in [0.3, 0.4) is 0 Å². The predicted molar refractivity (Wildman–Crippen MR) is 48.7 cm³/mol. The molecule has 0 unspecified atom stereocenters. The van der Waals surface area contributed by atoms with Crippen molar-refractivity contribution in [3.05, 3.63) is 15.9 Å². The monoisotopic (exact) mass is 248 g/mol. The van der Waals surface area contributed by atoms with Gasteiger partial charge in [0.1, 0.15) is 0 Å². The Kier molecular flexibility index (Phi) is 3.05. The van der Waals surface area contributed by atoms with E-state index in [9.17, 15) is 4.79 Å². The van der Waals surface area contributed by atoms with Crippen LogP contribution in [0.4, 0.5) is 0 Å². The van der Waals surface area contributed by atoms with Gasteiger partial charge in [0.15, 0.2) is 5.69 Å². The Balaban J connectivity index is 3.18. The summed E-state index contributed by atoms with van der Waals surface area (Å²) in [5.41, 5.74) is 0.678. The second kappa shape index (κ2) is 3.89. The first-order chi connectivity index (χ1) is 6.07. The highest BCUT2D eigenvalue weighted by atomic mass is 79.9. The van der Waals surface area contributed by atoms with Crippen molar-refractivity contribution in [2.45, 2.75) is 13.5 Å². The first-order valence-electron chi connectivity index (χ1n) is 3.65. The lowest BCUT2D eigenvalue weighted by Gasteiger charge is -2.00. The van der Waals surface area contributed by atoms with Gasteiger partial charge in [-0.05, 0) is 22.9 Å². The number of aliphatic hydroxyl groups excluding tert-OH is 1. The molecule has 1 aromatic rings. The summed E-state index contributed by atoms with van der Waals surface area (Å²) < 4.78 is 1.73. The lowest BCUT2D eigenvalue weighted by Crippen LogP contribution is -2.12. The van der Waals surface area contributed by atoms with Gasteiger partial charge in [-0.25, -0.2) is 4.79 Å². The second-order valence-corrected chi connectivity index (χ2v) is 3.29. The zero-order chi connectivity index (χ0) is 10.0. The number of carboxylic acids is 1. The van der Waals surface area contributed by atoms with Crippen LogP contribution in [0.2, 0.25) is 0 Å². The van der Waals surface area contributed by atoms with E-state index in [2.05, 4.69) is 21.0 Å². The van der Waals surface area contributed by atoms with Crippen molar-refractivity contribution >= 4 is 21.9 Å². The standard InChI is InChI=1S/C7H9BrN2O3/c1-4-5(8)6(7(12)13)10(9-4)2-3-11/h11H,2-3H2,1H3,(H,12,13). The van der Waals surface area contributed by atoms with Gasteiger partial charge in [-0.15, -0.1) is 0 Å². The summed E-state index contributed by atoms with van der Waals surface area (Å²) in [4.78, 5) is 10.8. The maximum absolute atomic E-state index is 10.8. The smallest absolute Gasteiger partial charge is 0.355 e. The molecule has 2 N–H and O–H groups in total. The molecule has 0 spiro atoms. The van der Waals surface area contributed by atoms with E-state index < -0.39 is 5.97 Å². The average molecular weight is 249 g/mol. The van der Waals surface area contributed by atoms with E-state index in [1.165, 1.54) is 4.68 Å². The molecule has 0 saturated heterocycles. The first-order valence-corrected chi connectivity index (χ1v) is 4.44. The Morgan fingerprint density at radius 1 is 1.69 bits per heavy atom. The first kappa shape index (κ1) is 10.2. The molecule has 0 aliphatic heterocycles. The molecular weight excluding hydrogens is 240 g/mol. The van der Waals surface area contributed by atoms with Gasteiger partial charge in [-0.2, -0.15) is 5.10 Å². The fraction of sp³-hybridized carbons (Fsp3) is 0.429. The highest BCUT2D eigenvalue weighted by molar-refractivity contribution is 9.10. The Morgan fingerprint density at radius 2 is 2.31 bits per heavy atom. The quantitative estimate of drug-likeness (QED) is 0.824. The van der Waals surface area contributed by atoms with Crippen molar-refractivity contribution in [2.75, 3.05) is 6.61 Å². The minimum Gasteiger partial charge on any atom is -0.476 e. The third-order valence-electron chi connectivity index (χ3n) is 1.57. The zero-order valence-electron chi connectivity index (χ0n) is 6.99. The summed E-state index contributed by atoms with van der Waals surface area (Å²) in [7, 11) is 0. The van der Waals surface area contributed by atoms with Crippen molar-refractivity contribution in [1.82, 2.24) is 9.78 Å². The van der Waals surface area contributed by atoms with Gasteiger partial charge in [0.25, 0.3) is 0 Å². The second-order valence-electron chi connectivity index (χ2n) is 2.50. The molecule has 1 aromatic heterocycles. The van der Waals surface area contributed by atoms with E-state index >= 15 is 0 Å². The molecule has 0 amide bonds. The molecule has 0 aliphatic carbocycles. The molecule has 1 rings (SSSR count). The summed E-state index contributed by atoms with van der Waals surface area (Å²) in [6, 6.07) is 0. The molecule has 72 valence electrons. The molecule has 5 nitrogen and oxygen atoms in total. The van der Waals surface area contributed by atoms with Crippen LogP contribution in [0.15, 0.2) is 4.47 Å². The van der Waals surface area contributed by atoms with E-state index in [0.717, 1.165) is 0 Å². The van der Waals surface area contributed by atoms with E-state index in [0.29, 0.717) is 10.2 Å². The van der Waals surface area contributed by atoms with Crippen molar-refractivity contribution in [3.8, 4) is 0 Å². The SMILES string of the molecule is Cc1nn(CCO)c(C(=O)O)c1Br. The zero-order valence-corrected chi connectivity index (χ0v) is 8.58. The molecule has 0 atom stereocenters. The predicted octanol–water partition coefficient (Wildman–Crippen LogP) is 0.645. The number of aromatic carboxylic acids is 1. The van der Waals surface area contributed by atoms with Gasteiger partial charge in [-0.1, -0.05) is 0 Å². The molecule has 0 aliphatic rings. The number of aromatic nitrogens is 2. The Labute approximate surface area is 83.1 Å². The van der Waals surface area contributed by atoms with E-state index in [4.69, 9.17) is 10.2 Å². The van der Waals surface area contributed by atoms with Crippen LogP contribution in [0.25, 0.3) is 0 Å². The lowest BCUT2D eigenvalue weighted by molar-refractivity contribution is 0.0680. The van der Waals surface area contributed by atoms with Gasteiger partial charge in [0, 0.05) is 0 Å². The number of nitrogens with zero attached hydrogens (tertiary/aromatic N) is 2. The lowest BCUT2D eigenvalue weighted by atomic mass is 10.4. The normalized spacial score (nSPS) is 10.4. The molecule has 6 heteroatoms. The highest BCUT2D eigenvalue weighted by Gasteiger charge is 2.18. The number of halogens is 1. The van der Waals surface area contributed by atoms with Gasteiger partial charge in [0.05, 0.1) is 23.3 Å². The third-order valence-corrected chi connectivity index (χ3v) is 2.52. The summed E-state index contributed by atoms with van der Waals surface area (Å²) in [5.74, 6) is -1.05. The molecule has 0 bridgehead atoms. The number of aryl methyl sites for hydroxylation is 1. The van der Waals surface area contributed by atoms with E-state index in [-0.39, 0.29) is 18.8 Å². The topological polar surface area (TPSA) is 75.3 Å². The highest BCUT2D eigenvalue weighted by Crippen LogP contribution is 2.20. The molecular formula is C7H9BrN2O3. The molecule has 0 radical (unpaired) electrons. The van der Waals surface area contributed by atoms with Crippen LogP contribution in [0, 0.1) is 6.92 Å².